The molecule has 0 radical (unpaired) electrons. The van der Waals surface area contributed by atoms with Gasteiger partial charge in [0.2, 0.25) is 0 Å². The quantitative estimate of drug-likeness (QED) is 0.584. The number of rotatable bonds is 4. The number of carbonyl (C=O) groups is 1. The predicted octanol–water partition coefficient (Wildman–Crippen LogP) is 4.39. The predicted molar refractivity (Wildman–Crippen MR) is 99.0 cm³/mol. The van der Waals surface area contributed by atoms with Crippen molar-refractivity contribution in [3.05, 3.63) is 83.8 Å². The zero-order chi connectivity index (χ0) is 17.9. The molecule has 0 fully saturated rings. The van der Waals surface area contributed by atoms with Gasteiger partial charge in [0.15, 0.2) is 5.82 Å². The van der Waals surface area contributed by atoms with Crippen molar-refractivity contribution in [2.24, 2.45) is 0 Å². The van der Waals surface area contributed by atoms with Gasteiger partial charge >= 0.3 is 0 Å². The van der Waals surface area contributed by atoms with Gasteiger partial charge in [-0.05, 0) is 24.3 Å². The Morgan fingerprint density at radius 2 is 1.81 bits per heavy atom. The van der Waals surface area contributed by atoms with Crippen molar-refractivity contribution in [1.82, 2.24) is 14.8 Å². The number of anilines is 1. The Labute approximate surface area is 152 Å². The van der Waals surface area contributed by atoms with Crippen LogP contribution in [0.2, 0.25) is 0 Å². The van der Waals surface area contributed by atoms with Crippen LogP contribution in [0.3, 0.4) is 0 Å². The first-order valence-electron chi connectivity index (χ1n) is 7.83. The largest absolute Gasteiger partial charge is 0.304 e. The second-order valence-corrected chi connectivity index (χ2v) is 6.31. The summed E-state index contributed by atoms with van der Waals surface area (Å²) in [5.41, 5.74) is 1.50. The maximum absolute atomic E-state index is 13.8. The minimum Gasteiger partial charge on any atom is -0.304 e. The van der Waals surface area contributed by atoms with Crippen molar-refractivity contribution in [2.75, 3.05) is 5.32 Å². The summed E-state index contributed by atoms with van der Waals surface area (Å²) >= 11 is 1.22. The Morgan fingerprint density at radius 3 is 2.62 bits per heavy atom. The molecule has 2 heterocycles. The lowest BCUT2D eigenvalue weighted by atomic mass is 10.2. The van der Waals surface area contributed by atoms with E-state index in [4.69, 9.17) is 0 Å². The number of aromatic nitrogens is 3. The molecule has 2 aromatic carbocycles. The molecule has 4 aromatic rings. The minimum atomic E-state index is -0.387. The number of hydrogen-bond acceptors (Lipinski definition) is 4. The number of para-hydroxylation sites is 1. The number of hydrogen-bond donors (Lipinski definition) is 1. The van der Waals surface area contributed by atoms with E-state index >= 15 is 0 Å². The Kier molecular flexibility index (Phi) is 4.28. The zero-order valence-corrected chi connectivity index (χ0v) is 14.3. The van der Waals surface area contributed by atoms with Gasteiger partial charge in [-0.15, -0.1) is 11.3 Å². The third-order valence-electron chi connectivity index (χ3n) is 3.69. The smallest absolute Gasteiger partial charge is 0.276 e. The van der Waals surface area contributed by atoms with E-state index in [9.17, 15) is 9.18 Å². The average Bonchev–Trinajstić information content (AvgIpc) is 3.33. The monoisotopic (exact) mass is 364 g/mol. The summed E-state index contributed by atoms with van der Waals surface area (Å²) in [5.74, 6) is -0.336. The number of carbonyl (C=O) groups excluding carboxylic acids is 1. The Balaban J connectivity index is 1.51. The normalized spacial score (nSPS) is 10.7. The lowest BCUT2D eigenvalue weighted by Gasteiger charge is -2.01. The maximum atomic E-state index is 13.8. The van der Waals surface area contributed by atoms with Crippen LogP contribution < -0.4 is 5.32 Å². The Hall–Kier alpha value is -3.32. The van der Waals surface area contributed by atoms with Gasteiger partial charge in [0, 0.05) is 23.2 Å². The number of benzene rings is 2. The summed E-state index contributed by atoms with van der Waals surface area (Å²) in [7, 11) is 0. The number of nitrogens with zero attached hydrogens (tertiary/aromatic N) is 3. The van der Waals surface area contributed by atoms with Crippen LogP contribution in [0.5, 0.6) is 0 Å². The second kappa shape index (κ2) is 6.89. The molecule has 0 aliphatic carbocycles. The molecule has 0 aliphatic rings. The van der Waals surface area contributed by atoms with E-state index in [0.29, 0.717) is 16.4 Å². The van der Waals surface area contributed by atoms with Gasteiger partial charge in [-0.25, -0.2) is 14.1 Å². The lowest BCUT2D eigenvalue weighted by molar-refractivity contribution is 0.102. The molecule has 0 atom stereocenters. The first-order chi connectivity index (χ1) is 12.7. The van der Waals surface area contributed by atoms with Crippen LogP contribution in [0.4, 0.5) is 10.2 Å². The molecular formula is C19H13FN4OS. The van der Waals surface area contributed by atoms with E-state index in [1.165, 1.54) is 17.4 Å². The molecule has 2 aromatic heterocycles. The second-order valence-electron chi connectivity index (χ2n) is 5.45. The number of thiazole rings is 1. The number of halogens is 1. The van der Waals surface area contributed by atoms with Crippen molar-refractivity contribution in [2.45, 2.75) is 0 Å². The molecule has 5 nitrogen and oxygen atoms in total. The molecule has 1 N–H and O–H groups in total. The number of amides is 1. The molecule has 7 heteroatoms. The van der Waals surface area contributed by atoms with E-state index in [0.717, 1.165) is 5.69 Å². The van der Waals surface area contributed by atoms with E-state index < -0.39 is 0 Å². The van der Waals surface area contributed by atoms with Crippen molar-refractivity contribution in [3.8, 4) is 16.3 Å². The standard InChI is InChI=1S/C19H13FN4OS/c20-15-9-5-4-8-14(15)19-21-16(12-26-19)18(25)22-17-10-11-24(23-17)13-6-2-1-3-7-13/h1-12H,(H,22,23,25). The highest BCUT2D eigenvalue weighted by Gasteiger charge is 2.15. The van der Waals surface area contributed by atoms with Crippen molar-refractivity contribution < 1.29 is 9.18 Å². The van der Waals surface area contributed by atoms with Crippen LogP contribution in [0.1, 0.15) is 10.5 Å². The van der Waals surface area contributed by atoms with E-state index in [1.807, 2.05) is 30.3 Å². The summed E-state index contributed by atoms with van der Waals surface area (Å²) < 4.78 is 15.5. The summed E-state index contributed by atoms with van der Waals surface area (Å²) in [5, 5.41) is 9.10. The molecule has 0 unspecified atom stereocenters. The first kappa shape index (κ1) is 16.2. The third-order valence-corrected chi connectivity index (χ3v) is 4.57. The van der Waals surface area contributed by atoms with Crippen LogP contribution in [0.15, 0.2) is 72.2 Å². The van der Waals surface area contributed by atoms with Crippen LogP contribution in [0.25, 0.3) is 16.3 Å². The average molecular weight is 364 g/mol. The molecule has 0 bridgehead atoms. The molecule has 26 heavy (non-hydrogen) atoms. The van der Waals surface area contributed by atoms with Crippen molar-refractivity contribution >= 4 is 23.1 Å². The van der Waals surface area contributed by atoms with Gasteiger partial charge in [-0.2, -0.15) is 5.10 Å². The summed E-state index contributed by atoms with van der Waals surface area (Å²) in [6, 6.07) is 17.6. The summed E-state index contributed by atoms with van der Waals surface area (Å²) in [6.07, 6.45) is 1.76. The summed E-state index contributed by atoms with van der Waals surface area (Å²) in [4.78, 5) is 16.6. The number of nitrogens with one attached hydrogen (secondary N) is 1. The van der Waals surface area contributed by atoms with Gasteiger partial charge in [0.05, 0.1) is 5.69 Å². The molecule has 0 saturated carbocycles. The minimum absolute atomic E-state index is 0.225. The van der Waals surface area contributed by atoms with Gasteiger partial charge in [-0.3, -0.25) is 4.79 Å². The molecule has 0 spiro atoms. The van der Waals surface area contributed by atoms with E-state index in [2.05, 4.69) is 15.4 Å². The van der Waals surface area contributed by atoms with Crippen molar-refractivity contribution in [1.29, 1.82) is 0 Å². The lowest BCUT2D eigenvalue weighted by Crippen LogP contribution is -2.13. The fraction of sp³-hybridized carbons (Fsp3) is 0. The molecule has 4 rings (SSSR count). The van der Waals surface area contributed by atoms with Gasteiger partial charge in [0.25, 0.3) is 5.91 Å². The fourth-order valence-corrected chi connectivity index (χ4v) is 3.26. The summed E-state index contributed by atoms with van der Waals surface area (Å²) in [6.45, 7) is 0. The topological polar surface area (TPSA) is 59.8 Å². The highest BCUT2D eigenvalue weighted by Crippen LogP contribution is 2.26. The molecule has 1 amide bonds. The van der Waals surface area contributed by atoms with Gasteiger partial charge in [-0.1, -0.05) is 30.3 Å². The molecule has 128 valence electrons. The Bertz CT molecular complexity index is 1060. The van der Waals surface area contributed by atoms with Crippen molar-refractivity contribution in [3.63, 3.8) is 0 Å². The molecule has 0 aliphatic heterocycles. The highest BCUT2D eigenvalue weighted by molar-refractivity contribution is 7.13. The molecule has 0 saturated heterocycles. The SMILES string of the molecule is O=C(Nc1ccn(-c2ccccc2)n1)c1csc(-c2ccccc2F)n1. The van der Waals surface area contributed by atoms with Crippen LogP contribution >= 0.6 is 11.3 Å². The molecular weight excluding hydrogens is 351 g/mol. The van der Waals surface area contributed by atoms with Crippen LogP contribution in [0, 0.1) is 5.82 Å². The Morgan fingerprint density at radius 1 is 1.04 bits per heavy atom. The maximum Gasteiger partial charge on any atom is 0.276 e. The third kappa shape index (κ3) is 3.25. The first-order valence-corrected chi connectivity index (χ1v) is 8.71. The highest BCUT2D eigenvalue weighted by atomic mass is 32.1. The zero-order valence-electron chi connectivity index (χ0n) is 13.5. The van der Waals surface area contributed by atoms with Crippen LogP contribution in [-0.4, -0.2) is 20.7 Å². The van der Waals surface area contributed by atoms with Gasteiger partial charge in [0.1, 0.15) is 16.5 Å². The van der Waals surface area contributed by atoms with Gasteiger partial charge < -0.3 is 5.32 Å². The van der Waals surface area contributed by atoms with Crippen LogP contribution in [-0.2, 0) is 0 Å². The fourth-order valence-electron chi connectivity index (χ4n) is 2.43. The van der Waals surface area contributed by atoms with E-state index in [-0.39, 0.29) is 17.4 Å². The van der Waals surface area contributed by atoms with E-state index in [1.54, 1.807) is 40.5 Å².